The summed E-state index contributed by atoms with van der Waals surface area (Å²) < 4.78 is 27.3. The lowest BCUT2D eigenvalue weighted by Crippen LogP contribution is -2.34. The quantitative estimate of drug-likeness (QED) is 0.176. The summed E-state index contributed by atoms with van der Waals surface area (Å²) in [6, 6.07) is 0. The number of hydrogen-bond acceptors (Lipinski definition) is 5. The fraction of sp³-hybridized carbons (Fsp3) is 0.600. The number of guanidine groups is 1. The van der Waals surface area contributed by atoms with Crippen molar-refractivity contribution in [1.82, 2.24) is 5.32 Å². The molecule has 0 aliphatic rings. The van der Waals surface area contributed by atoms with Gasteiger partial charge in [-0.2, -0.15) is 8.42 Å². The minimum Gasteiger partial charge on any atom is -0.480 e. The summed E-state index contributed by atoms with van der Waals surface area (Å²) in [7, 11) is -3.80. The fourth-order valence-electron chi connectivity index (χ4n) is 0.320. The summed E-state index contributed by atoms with van der Waals surface area (Å²) in [6.07, 6.45) is 0. The minimum absolute atomic E-state index is 0.0289. The fourth-order valence-corrected chi connectivity index (χ4v) is 0.618. The Balaban J connectivity index is 0. The highest BCUT2D eigenvalue weighted by atomic mass is 32.2. The number of aliphatic carboxylic acids is 1. The van der Waals surface area contributed by atoms with Gasteiger partial charge in [0.15, 0.2) is 5.96 Å². The average molecular weight is 242 g/mol. The second-order valence-corrected chi connectivity index (χ2v) is 3.81. The molecule has 0 rings (SSSR count). The molecule has 9 nitrogen and oxygen atoms in total. The Labute approximate surface area is 86.7 Å². The molecule has 0 aromatic heterocycles. The molecule has 8 N–H and O–H groups in total. The molecular formula is C5H14N4O5S. The predicted octanol–water partition coefficient (Wildman–Crippen LogP) is -2.61. The Kier molecular flexibility index (Phi) is 8.52. The lowest BCUT2D eigenvalue weighted by Gasteiger charge is -1.95. The SMILES string of the molecule is N=C(N)NCC(=O)O.NCCS(=O)(=O)O. The summed E-state index contributed by atoms with van der Waals surface area (Å²) in [4.78, 5) is 9.69. The van der Waals surface area contributed by atoms with E-state index < -0.39 is 16.1 Å². The highest BCUT2D eigenvalue weighted by Gasteiger charge is 1.98. The molecule has 0 heterocycles. The molecule has 0 aromatic carbocycles. The first-order chi connectivity index (χ1) is 6.69. The van der Waals surface area contributed by atoms with Crippen LogP contribution in [-0.2, 0) is 14.9 Å². The van der Waals surface area contributed by atoms with Crippen LogP contribution in [0.4, 0.5) is 0 Å². The molecule has 0 unspecified atom stereocenters. The van der Waals surface area contributed by atoms with Crippen molar-refractivity contribution < 1.29 is 22.9 Å². The summed E-state index contributed by atoms with van der Waals surface area (Å²) in [5.41, 5.74) is 9.53. The van der Waals surface area contributed by atoms with Crippen molar-refractivity contribution in [3.8, 4) is 0 Å². The molecular weight excluding hydrogens is 228 g/mol. The zero-order valence-electron chi connectivity index (χ0n) is 7.80. The van der Waals surface area contributed by atoms with Crippen molar-refractivity contribution in [2.45, 2.75) is 0 Å². The number of nitrogens with one attached hydrogen (secondary N) is 2. The Morgan fingerprint density at radius 3 is 2.00 bits per heavy atom. The van der Waals surface area contributed by atoms with Gasteiger partial charge in [0.25, 0.3) is 10.1 Å². The maximum Gasteiger partial charge on any atom is 0.322 e. The summed E-state index contributed by atoms with van der Waals surface area (Å²) in [5.74, 6) is -1.71. The van der Waals surface area contributed by atoms with E-state index in [9.17, 15) is 13.2 Å². The van der Waals surface area contributed by atoms with Gasteiger partial charge in [-0.25, -0.2) is 0 Å². The van der Waals surface area contributed by atoms with Crippen LogP contribution < -0.4 is 16.8 Å². The lowest BCUT2D eigenvalue weighted by molar-refractivity contribution is -0.135. The largest absolute Gasteiger partial charge is 0.480 e. The van der Waals surface area contributed by atoms with Crippen molar-refractivity contribution in [3.63, 3.8) is 0 Å². The summed E-state index contributed by atoms with van der Waals surface area (Å²) >= 11 is 0. The topological polar surface area (TPSA) is 180 Å². The summed E-state index contributed by atoms with van der Waals surface area (Å²) in [6.45, 7) is -0.325. The van der Waals surface area contributed by atoms with Crippen molar-refractivity contribution in [2.24, 2.45) is 11.5 Å². The molecule has 0 amide bonds. The van der Waals surface area contributed by atoms with E-state index in [2.05, 4.69) is 5.32 Å². The van der Waals surface area contributed by atoms with Crippen LogP contribution in [0, 0.1) is 5.41 Å². The van der Waals surface area contributed by atoms with E-state index in [1.807, 2.05) is 0 Å². The van der Waals surface area contributed by atoms with Gasteiger partial charge < -0.3 is 21.9 Å². The van der Waals surface area contributed by atoms with E-state index >= 15 is 0 Å². The Morgan fingerprint density at radius 2 is 1.93 bits per heavy atom. The number of carbonyl (C=O) groups is 1. The number of nitrogens with two attached hydrogens (primary N) is 2. The third-order valence-corrected chi connectivity index (χ3v) is 1.56. The molecule has 0 aliphatic carbocycles. The van der Waals surface area contributed by atoms with Gasteiger partial charge in [0.1, 0.15) is 6.54 Å². The molecule has 0 saturated heterocycles. The smallest absolute Gasteiger partial charge is 0.322 e. The van der Waals surface area contributed by atoms with Crippen LogP contribution in [0.3, 0.4) is 0 Å². The molecule has 0 saturated carbocycles. The van der Waals surface area contributed by atoms with Crippen molar-refractivity contribution in [3.05, 3.63) is 0 Å². The van der Waals surface area contributed by atoms with E-state index in [4.69, 9.17) is 26.5 Å². The molecule has 0 aliphatic heterocycles. The second-order valence-electron chi connectivity index (χ2n) is 2.24. The number of carboxylic acid groups (broad SMARTS) is 1. The molecule has 0 atom stereocenters. The standard InChI is InChI=1S/C3H7N3O2.C2H7NO3S/c4-3(5)6-1-2(7)8;3-1-2-7(4,5)6/h1H2,(H,7,8)(H4,4,5,6);1-3H2,(H,4,5,6). The van der Waals surface area contributed by atoms with Crippen LogP contribution in [0.15, 0.2) is 0 Å². The van der Waals surface area contributed by atoms with Gasteiger partial charge in [0, 0.05) is 6.54 Å². The van der Waals surface area contributed by atoms with Crippen LogP contribution in [-0.4, -0.2) is 48.8 Å². The van der Waals surface area contributed by atoms with E-state index in [1.54, 1.807) is 0 Å². The predicted molar refractivity (Wildman–Crippen MR) is 53.0 cm³/mol. The van der Waals surface area contributed by atoms with Gasteiger partial charge in [-0.15, -0.1) is 0 Å². The van der Waals surface area contributed by atoms with Crippen LogP contribution in [0.5, 0.6) is 0 Å². The van der Waals surface area contributed by atoms with Crippen LogP contribution in [0.2, 0.25) is 0 Å². The first-order valence-corrected chi connectivity index (χ1v) is 5.25. The highest BCUT2D eigenvalue weighted by Crippen LogP contribution is 1.74. The van der Waals surface area contributed by atoms with E-state index in [0.717, 1.165) is 0 Å². The first-order valence-electron chi connectivity index (χ1n) is 3.64. The summed E-state index contributed by atoms with van der Waals surface area (Å²) in [5, 5.41) is 16.5. The number of hydrogen-bond donors (Lipinski definition) is 6. The highest BCUT2D eigenvalue weighted by molar-refractivity contribution is 7.85. The normalized spacial score (nSPS) is 9.73. The number of rotatable bonds is 4. The van der Waals surface area contributed by atoms with Gasteiger partial charge in [-0.3, -0.25) is 14.8 Å². The minimum atomic E-state index is -3.80. The van der Waals surface area contributed by atoms with Crippen molar-refractivity contribution in [1.29, 1.82) is 5.41 Å². The second kappa shape index (κ2) is 7.96. The Hall–Kier alpha value is -1.39. The molecule has 0 aromatic rings. The molecule has 0 radical (unpaired) electrons. The van der Waals surface area contributed by atoms with Crippen LogP contribution in [0.1, 0.15) is 0 Å². The van der Waals surface area contributed by atoms with E-state index in [0.29, 0.717) is 0 Å². The van der Waals surface area contributed by atoms with Crippen molar-refractivity contribution in [2.75, 3.05) is 18.8 Å². The molecule has 0 bridgehead atoms. The van der Waals surface area contributed by atoms with Crippen LogP contribution >= 0.6 is 0 Å². The van der Waals surface area contributed by atoms with Crippen molar-refractivity contribution >= 4 is 22.0 Å². The van der Waals surface area contributed by atoms with Gasteiger partial charge in [-0.05, 0) is 0 Å². The number of carboxylic acids is 1. The molecule has 10 heteroatoms. The average Bonchev–Trinajstić information content (AvgIpc) is 1.99. The zero-order chi connectivity index (χ0) is 12.5. The molecule has 0 fully saturated rings. The first kappa shape index (κ1) is 16.1. The van der Waals surface area contributed by atoms with Gasteiger partial charge in [-0.1, -0.05) is 0 Å². The molecule has 90 valence electrons. The van der Waals surface area contributed by atoms with E-state index in [-0.39, 0.29) is 24.8 Å². The zero-order valence-corrected chi connectivity index (χ0v) is 8.62. The maximum atomic E-state index is 9.71. The molecule has 15 heavy (non-hydrogen) atoms. The van der Waals surface area contributed by atoms with Gasteiger partial charge in [0.2, 0.25) is 0 Å². The third-order valence-electron chi connectivity index (χ3n) is 0.806. The van der Waals surface area contributed by atoms with Gasteiger partial charge >= 0.3 is 5.97 Å². The maximum absolute atomic E-state index is 9.71. The Morgan fingerprint density at radius 1 is 1.47 bits per heavy atom. The monoisotopic (exact) mass is 242 g/mol. The van der Waals surface area contributed by atoms with Crippen LogP contribution in [0.25, 0.3) is 0 Å². The Bertz CT molecular complexity index is 287. The lowest BCUT2D eigenvalue weighted by atomic mass is 10.6. The molecule has 0 spiro atoms. The van der Waals surface area contributed by atoms with Gasteiger partial charge in [0.05, 0.1) is 5.75 Å². The third kappa shape index (κ3) is 24.5. The van der Waals surface area contributed by atoms with E-state index in [1.165, 1.54) is 0 Å².